The lowest BCUT2D eigenvalue weighted by Gasteiger charge is -2.06. The van der Waals surface area contributed by atoms with E-state index < -0.39 is 23.3 Å². The number of halogens is 5. The molecule has 0 spiro atoms. The van der Waals surface area contributed by atoms with Crippen molar-refractivity contribution in [1.82, 2.24) is 0 Å². The predicted octanol–water partition coefficient (Wildman–Crippen LogP) is 10.7. The minimum absolute atomic E-state index is 0. The Morgan fingerprint density at radius 1 is 0.581 bits per heavy atom. The molecule has 223 valence electrons. The second-order valence-electron chi connectivity index (χ2n) is 9.81. The Morgan fingerprint density at radius 3 is 1.42 bits per heavy atom. The Kier molecular flexibility index (Phi) is 13.3. The first-order valence-corrected chi connectivity index (χ1v) is 14.4. The van der Waals surface area contributed by atoms with Crippen LogP contribution in [0.5, 0.6) is 5.75 Å². The minimum atomic E-state index is -0.748. The van der Waals surface area contributed by atoms with Crippen molar-refractivity contribution in [3.05, 3.63) is 136 Å². The molecule has 0 aromatic heterocycles. The number of allylic oxidation sites excluding steroid dienone is 4. The van der Waals surface area contributed by atoms with Crippen LogP contribution in [0.1, 0.15) is 57.1 Å². The van der Waals surface area contributed by atoms with Crippen LogP contribution in [0.3, 0.4) is 0 Å². The highest BCUT2D eigenvalue weighted by atomic mass is 79.9. The second-order valence-corrected chi connectivity index (χ2v) is 10.7. The van der Waals surface area contributed by atoms with E-state index in [9.17, 15) is 17.6 Å². The summed E-state index contributed by atoms with van der Waals surface area (Å²) in [6.45, 7) is 0. The van der Waals surface area contributed by atoms with Gasteiger partial charge in [-0.25, -0.2) is 17.6 Å². The molecule has 8 heteroatoms. The van der Waals surface area contributed by atoms with Crippen LogP contribution in [-0.4, -0.2) is 12.7 Å². The number of benzene rings is 4. The molecule has 0 bridgehead atoms. The van der Waals surface area contributed by atoms with E-state index >= 15 is 0 Å². The summed E-state index contributed by atoms with van der Waals surface area (Å²) in [5, 5.41) is 8.11. The van der Waals surface area contributed by atoms with Crippen molar-refractivity contribution in [3.63, 3.8) is 0 Å². The molecule has 0 fully saturated rings. The summed E-state index contributed by atoms with van der Waals surface area (Å²) in [4.78, 5) is 0. The first-order valence-electron chi connectivity index (χ1n) is 13.6. The Morgan fingerprint density at radius 2 is 1.00 bits per heavy atom. The molecule has 0 saturated carbocycles. The third-order valence-electron chi connectivity index (χ3n) is 6.77. The van der Waals surface area contributed by atoms with Gasteiger partial charge in [-0.15, -0.1) is 0 Å². The van der Waals surface area contributed by atoms with E-state index in [1.165, 1.54) is 60.1 Å². The zero-order valence-corrected chi connectivity index (χ0v) is 24.4. The summed E-state index contributed by atoms with van der Waals surface area (Å²) in [7, 11) is 0.355. The molecule has 0 atom stereocenters. The minimum Gasteiger partial charge on any atom is -0.537 e. The summed E-state index contributed by atoms with van der Waals surface area (Å²) in [5.41, 5.74) is 6.89. The van der Waals surface area contributed by atoms with E-state index in [1.807, 2.05) is 24.3 Å². The lowest BCUT2D eigenvalue weighted by molar-refractivity contribution is 0.447. The van der Waals surface area contributed by atoms with E-state index in [1.54, 1.807) is 0 Å². The van der Waals surface area contributed by atoms with Crippen LogP contribution in [0, 0.1) is 23.3 Å². The van der Waals surface area contributed by atoms with Gasteiger partial charge in [-0.2, -0.15) is 0 Å². The van der Waals surface area contributed by atoms with Crippen LogP contribution >= 0.6 is 15.9 Å². The Hall–Kier alpha value is -3.62. The van der Waals surface area contributed by atoms with Crippen molar-refractivity contribution < 1.29 is 27.2 Å². The molecule has 2 nitrogen and oxygen atoms in total. The molecular weight excluding hydrogens is 619 g/mol. The van der Waals surface area contributed by atoms with Crippen molar-refractivity contribution >= 4 is 34.8 Å². The Labute approximate surface area is 260 Å². The van der Waals surface area contributed by atoms with Gasteiger partial charge in [-0.3, -0.25) is 0 Å². The van der Waals surface area contributed by atoms with Crippen molar-refractivity contribution in [1.29, 1.82) is 0 Å². The molecule has 4 aromatic carbocycles. The predicted molar refractivity (Wildman–Crippen MR) is 171 cm³/mol. The highest BCUT2D eigenvalue weighted by Gasteiger charge is 2.09. The van der Waals surface area contributed by atoms with E-state index in [-0.39, 0.29) is 13.2 Å². The molecule has 2 aliphatic carbocycles. The molecule has 2 aliphatic rings. The maximum atomic E-state index is 13.2. The molecule has 0 heterocycles. The third-order valence-corrected chi connectivity index (χ3v) is 7.30. The zero-order chi connectivity index (χ0) is 29.9. The normalized spacial score (nSPS) is 13.3. The van der Waals surface area contributed by atoms with Crippen LogP contribution in [-0.2, 0) is 0 Å². The fraction of sp³-hybridized carbons (Fsp3) is 0.200. The topological polar surface area (TPSA) is 29.5 Å². The fourth-order valence-corrected chi connectivity index (χ4v) is 5.05. The monoisotopic (exact) mass is 651 g/mol. The third kappa shape index (κ3) is 10.6. The van der Waals surface area contributed by atoms with Gasteiger partial charge < -0.3 is 9.68 Å². The van der Waals surface area contributed by atoms with E-state index in [2.05, 4.69) is 57.0 Å². The number of rotatable bonds is 5. The van der Waals surface area contributed by atoms with Gasteiger partial charge in [-0.1, -0.05) is 71.9 Å². The number of hydrogen-bond donors (Lipinski definition) is 1. The Balaban J connectivity index is 0.000000184. The molecule has 0 saturated heterocycles. The molecule has 1 radical (unpaired) electrons. The van der Waals surface area contributed by atoms with Gasteiger partial charge in [0.2, 0.25) is 0 Å². The summed E-state index contributed by atoms with van der Waals surface area (Å²) in [5.74, 6) is -2.66. The average Bonchev–Trinajstić information content (AvgIpc) is 3.69. The van der Waals surface area contributed by atoms with E-state index in [0.717, 1.165) is 41.1 Å². The van der Waals surface area contributed by atoms with Gasteiger partial charge in [0.15, 0.2) is 0 Å². The Bertz CT molecular complexity index is 1500. The highest BCUT2D eigenvalue weighted by Crippen LogP contribution is 2.30. The first-order chi connectivity index (χ1) is 20.3. The standard InChI is InChI=1S/C17H14F2.C11H11Br.C6H4BF2O2.CH4/c18-16-9-15(10-17(19)11-16)14-7-5-13(6-8-14)12-3-1-2-4-12;12-11-7-5-10(6-8-11)9-3-1-2-4-9;8-4-1-5(9)3-6(2-4)11-7-10;/h3,5-11H,1-2,4H2;3,5-8H,1-2,4H2;1-3,10H;1H4. The van der Waals surface area contributed by atoms with Gasteiger partial charge in [0.1, 0.15) is 29.0 Å². The van der Waals surface area contributed by atoms with Gasteiger partial charge in [0.05, 0.1) is 0 Å². The molecule has 43 heavy (non-hydrogen) atoms. The maximum absolute atomic E-state index is 13.2. The van der Waals surface area contributed by atoms with Crippen molar-refractivity contribution in [3.8, 4) is 16.9 Å². The molecule has 6 rings (SSSR count). The molecule has 4 aromatic rings. The van der Waals surface area contributed by atoms with E-state index in [0.29, 0.717) is 19.3 Å². The molecule has 1 N–H and O–H groups in total. The molecule has 0 aliphatic heterocycles. The second kappa shape index (κ2) is 16.9. The van der Waals surface area contributed by atoms with Gasteiger partial charge in [-0.05, 0) is 96.2 Å². The first kappa shape index (κ1) is 33.9. The van der Waals surface area contributed by atoms with Crippen LogP contribution in [0.25, 0.3) is 22.3 Å². The van der Waals surface area contributed by atoms with Crippen molar-refractivity contribution in [2.75, 3.05) is 0 Å². The average molecular weight is 652 g/mol. The molecule has 0 amide bonds. The summed E-state index contributed by atoms with van der Waals surface area (Å²) in [6.07, 6.45) is 11.9. The van der Waals surface area contributed by atoms with Crippen LogP contribution in [0.2, 0.25) is 0 Å². The highest BCUT2D eigenvalue weighted by molar-refractivity contribution is 9.10. The smallest absolute Gasteiger partial charge is 0.537 e. The largest absolute Gasteiger partial charge is 0.569 e. The lowest BCUT2D eigenvalue weighted by Crippen LogP contribution is -2.00. The van der Waals surface area contributed by atoms with Crippen LogP contribution in [0.4, 0.5) is 17.6 Å². The van der Waals surface area contributed by atoms with Gasteiger partial charge >= 0.3 is 7.69 Å². The van der Waals surface area contributed by atoms with Crippen molar-refractivity contribution in [2.45, 2.75) is 46.0 Å². The summed E-state index contributed by atoms with van der Waals surface area (Å²) >= 11 is 3.43. The fourth-order valence-electron chi connectivity index (χ4n) is 4.78. The summed E-state index contributed by atoms with van der Waals surface area (Å²) < 4.78 is 56.5. The maximum Gasteiger partial charge on any atom is 0.569 e. The SMILES string of the molecule is Brc1ccc(C2=CCCC2)cc1.C.Fc1cc(F)cc(-c2ccc(C3=CCCC3)cc2)c1.O[B]Oc1cc(F)cc(F)c1. The zero-order valence-electron chi connectivity index (χ0n) is 22.8. The van der Waals surface area contributed by atoms with E-state index in [4.69, 9.17) is 5.02 Å². The van der Waals surface area contributed by atoms with Crippen LogP contribution < -0.4 is 4.65 Å². The van der Waals surface area contributed by atoms with Crippen LogP contribution in [0.15, 0.2) is 102 Å². The number of hydrogen-bond acceptors (Lipinski definition) is 2. The quantitative estimate of drug-likeness (QED) is 0.172. The molecular formula is C35H33BBrF4O2. The lowest BCUT2D eigenvalue weighted by atomic mass is 10.00. The molecule has 0 unspecified atom stereocenters. The van der Waals surface area contributed by atoms with Gasteiger partial charge in [0.25, 0.3) is 0 Å². The van der Waals surface area contributed by atoms with Gasteiger partial charge in [0, 0.05) is 28.7 Å². The summed E-state index contributed by atoms with van der Waals surface area (Å²) in [6, 6.07) is 22.7. The van der Waals surface area contributed by atoms with Crippen molar-refractivity contribution in [2.24, 2.45) is 0 Å².